The number of benzene rings is 2. The average Bonchev–Trinajstić information content (AvgIpc) is 3.04. The van der Waals surface area contributed by atoms with Crippen molar-refractivity contribution in [3.05, 3.63) is 36.4 Å². The number of carbonyl (C=O) groups excluding carboxylic acids is 2. The second kappa shape index (κ2) is 17.0. The molecule has 0 aliphatic rings. The number of para-hydroxylation sites is 2. The first-order valence-corrected chi connectivity index (χ1v) is 14.0. The predicted molar refractivity (Wildman–Crippen MR) is 149 cm³/mol. The molecule has 0 aliphatic carbocycles. The Kier molecular flexibility index (Phi) is 13.4. The maximum absolute atomic E-state index is 12.4. The Labute approximate surface area is 261 Å². The minimum Gasteiger partial charge on any atom is -0.431 e. The lowest BCUT2D eigenvalue weighted by molar-refractivity contribution is -0.894. The molecule has 6 atom stereocenters. The molecule has 3 aromatic rings. The second-order valence-electron chi connectivity index (χ2n) is 10.0. The normalized spacial score (nSPS) is 15.5. The van der Waals surface area contributed by atoms with Gasteiger partial charge < -0.3 is 59.1 Å². The van der Waals surface area contributed by atoms with Gasteiger partial charge >= 0.3 is 34.4 Å². The Hall–Kier alpha value is -4.14. The largest absolute Gasteiger partial charge is 0.514 e. The number of hydrogen-bond acceptors (Lipinski definition) is 16. The second-order valence-corrected chi connectivity index (χ2v) is 10.0. The van der Waals surface area contributed by atoms with E-state index in [-0.39, 0.29) is 46.8 Å². The Morgan fingerprint density at radius 3 is 1.59 bits per heavy atom. The molecule has 46 heavy (non-hydrogen) atoms. The molecular weight excluding hydrogens is 620 g/mol. The van der Waals surface area contributed by atoms with E-state index >= 15 is 0 Å². The highest BCUT2D eigenvalue weighted by Crippen LogP contribution is 2.26. The number of rotatable bonds is 16. The molecule has 0 aliphatic heterocycles. The summed E-state index contributed by atoms with van der Waals surface area (Å²) in [6.45, 7) is -0.554. The molecule has 8 N–H and O–H groups in total. The van der Waals surface area contributed by atoms with Crippen LogP contribution in [-0.4, -0.2) is 130 Å². The van der Waals surface area contributed by atoms with Gasteiger partial charge in [-0.15, -0.1) is 0 Å². The predicted octanol–water partition coefficient (Wildman–Crippen LogP) is -1.69. The molecule has 18 nitrogen and oxygen atoms in total. The Morgan fingerprint density at radius 1 is 0.674 bits per heavy atom. The summed E-state index contributed by atoms with van der Waals surface area (Å²) >= 11 is 0. The van der Waals surface area contributed by atoms with E-state index in [1.54, 1.807) is 6.92 Å². The first-order chi connectivity index (χ1) is 21.9. The van der Waals surface area contributed by atoms with E-state index in [0.29, 0.717) is 15.9 Å². The minimum absolute atomic E-state index is 0.0843. The molecule has 0 saturated carbocycles. The van der Waals surface area contributed by atoms with Crippen LogP contribution in [0, 0.1) is 0 Å². The van der Waals surface area contributed by atoms with Crippen LogP contribution >= 0.6 is 0 Å². The summed E-state index contributed by atoms with van der Waals surface area (Å²) in [6, 6.07) is 8.10. The van der Waals surface area contributed by atoms with E-state index in [2.05, 4.69) is 4.74 Å². The van der Waals surface area contributed by atoms with Gasteiger partial charge in [0, 0.05) is 28.7 Å². The topological polar surface area (TPSA) is 259 Å². The summed E-state index contributed by atoms with van der Waals surface area (Å²) in [5.41, 5.74) is -0.541. The summed E-state index contributed by atoms with van der Waals surface area (Å²) < 4.78 is 31.0. The smallest absolute Gasteiger partial charge is 0.431 e. The number of aromatic nitrogens is 2. The molecule has 1 heterocycles. The number of ether oxygens (including phenoxy) is 6. The minimum atomic E-state index is -1.78. The lowest BCUT2D eigenvalue weighted by atomic mass is 10.0. The first-order valence-electron chi connectivity index (χ1n) is 14.0. The molecule has 1 aromatic heterocycles. The Balaban J connectivity index is 1.64. The lowest BCUT2D eigenvalue weighted by Gasteiger charge is -2.26. The number of fused-ring (bicyclic) bond motifs is 2. The standard InChI is InChI=1S/C28H38N2O16/c1-3-15(31)11-43-27(37)45-21-8-4-6-17-23(21)29(39)18-7-5-9-22(24(18)30(17)40)46-28(38)44-12-16(32)10-42-14-20(34)26(36)25(35)19(33)13-41-2/h4-9,15-16,19-20,25-26,31-36,39-40H,3,10-14H2,1-2H3/q+2. The van der Waals surface area contributed by atoms with Crippen molar-refractivity contribution in [1.82, 2.24) is 0 Å². The SMILES string of the molecule is CCC(O)COC(=O)Oc1cccc2c1[n+](O)c1cccc(OC(=O)OCC(O)COCC(O)C(O)C(O)C(O)COC)c1[n+]2O. The van der Waals surface area contributed by atoms with Crippen LogP contribution in [0.15, 0.2) is 36.4 Å². The van der Waals surface area contributed by atoms with Gasteiger partial charge in [0.1, 0.15) is 43.7 Å². The molecule has 6 unspecified atom stereocenters. The number of aliphatic hydroxyl groups excluding tert-OH is 6. The summed E-state index contributed by atoms with van der Waals surface area (Å²) in [4.78, 5) is 24.6. The summed E-state index contributed by atoms with van der Waals surface area (Å²) in [5.74, 6) is -0.476. The van der Waals surface area contributed by atoms with Crippen LogP contribution in [0.2, 0.25) is 0 Å². The zero-order valence-corrected chi connectivity index (χ0v) is 24.9. The molecule has 2 aromatic carbocycles. The fourth-order valence-electron chi connectivity index (χ4n) is 4.08. The van der Waals surface area contributed by atoms with Gasteiger partial charge in [-0.25, -0.2) is 9.59 Å². The zero-order chi connectivity index (χ0) is 34.0. The van der Waals surface area contributed by atoms with Gasteiger partial charge in [-0.3, -0.25) is 10.4 Å². The quantitative estimate of drug-likeness (QED) is 0.0281. The maximum Gasteiger partial charge on any atom is 0.514 e. The molecule has 0 radical (unpaired) electrons. The van der Waals surface area contributed by atoms with Crippen LogP contribution in [0.4, 0.5) is 9.59 Å². The lowest BCUT2D eigenvalue weighted by Crippen LogP contribution is -2.47. The van der Waals surface area contributed by atoms with Gasteiger partial charge in [0.2, 0.25) is 11.5 Å². The van der Waals surface area contributed by atoms with Crippen molar-refractivity contribution in [2.45, 2.75) is 50.0 Å². The fraction of sp³-hybridized carbons (Fsp3) is 0.500. The maximum atomic E-state index is 12.4. The van der Waals surface area contributed by atoms with Crippen LogP contribution in [0.1, 0.15) is 13.3 Å². The van der Waals surface area contributed by atoms with E-state index < -0.39 is 68.8 Å². The van der Waals surface area contributed by atoms with Crippen LogP contribution < -0.4 is 18.9 Å². The first kappa shape index (κ1) is 36.3. The average molecular weight is 659 g/mol. The van der Waals surface area contributed by atoms with E-state index in [9.17, 15) is 50.6 Å². The van der Waals surface area contributed by atoms with Crippen molar-refractivity contribution < 1.29 is 88.5 Å². The summed E-state index contributed by atoms with van der Waals surface area (Å²) in [7, 11) is 1.27. The number of aliphatic hydroxyl groups is 6. The number of nitrogens with zero attached hydrogens (tertiary/aromatic N) is 2. The molecular formula is C28H38N2O16+2. The molecule has 254 valence electrons. The van der Waals surface area contributed by atoms with Crippen molar-refractivity contribution in [2.24, 2.45) is 0 Å². The van der Waals surface area contributed by atoms with Crippen LogP contribution in [0.5, 0.6) is 11.5 Å². The fourth-order valence-corrected chi connectivity index (χ4v) is 4.08. The Morgan fingerprint density at radius 2 is 1.13 bits per heavy atom. The van der Waals surface area contributed by atoms with Gasteiger partial charge in [-0.2, -0.15) is 0 Å². The van der Waals surface area contributed by atoms with Crippen LogP contribution in [0.25, 0.3) is 22.1 Å². The highest BCUT2D eigenvalue weighted by atomic mass is 16.7. The van der Waals surface area contributed by atoms with E-state index in [4.69, 9.17) is 23.7 Å². The van der Waals surface area contributed by atoms with Crippen LogP contribution in [0.3, 0.4) is 0 Å². The van der Waals surface area contributed by atoms with E-state index in [0.717, 1.165) is 0 Å². The highest BCUT2D eigenvalue weighted by molar-refractivity contribution is 5.85. The third-order valence-electron chi connectivity index (χ3n) is 6.56. The zero-order valence-electron chi connectivity index (χ0n) is 24.9. The third-order valence-corrected chi connectivity index (χ3v) is 6.56. The van der Waals surface area contributed by atoms with Gasteiger partial charge in [0.05, 0.1) is 25.9 Å². The van der Waals surface area contributed by atoms with Crippen molar-refractivity contribution in [3.8, 4) is 11.5 Å². The van der Waals surface area contributed by atoms with Crippen molar-refractivity contribution in [1.29, 1.82) is 0 Å². The molecule has 0 bridgehead atoms. The van der Waals surface area contributed by atoms with Gasteiger partial charge in [-0.1, -0.05) is 19.1 Å². The molecule has 18 heteroatoms. The molecule has 0 amide bonds. The van der Waals surface area contributed by atoms with Gasteiger partial charge in [-0.05, 0) is 18.6 Å². The summed E-state index contributed by atoms with van der Waals surface area (Å²) in [5, 5.41) is 81.0. The van der Waals surface area contributed by atoms with Gasteiger partial charge in [0.25, 0.3) is 0 Å². The third kappa shape index (κ3) is 9.21. The van der Waals surface area contributed by atoms with Crippen molar-refractivity contribution >= 4 is 34.4 Å². The van der Waals surface area contributed by atoms with Crippen molar-refractivity contribution in [2.75, 3.05) is 40.1 Å². The molecule has 0 saturated heterocycles. The van der Waals surface area contributed by atoms with E-state index in [1.807, 2.05) is 0 Å². The number of carbonyl (C=O) groups is 2. The van der Waals surface area contributed by atoms with E-state index in [1.165, 1.54) is 43.5 Å². The Bertz CT molecular complexity index is 1470. The van der Waals surface area contributed by atoms with Crippen molar-refractivity contribution in [3.63, 3.8) is 0 Å². The molecule has 0 fully saturated rings. The number of methoxy groups -OCH3 is 1. The van der Waals surface area contributed by atoms with Gasteiger partial charge in [0.15, 0.2) is 0 Å². The molecule has 0 spiro atoms. The summed E-state index contributed by atoms with van der Waals surface area (Å²) in [6.07, 6.45) is -11.0. The molecule has 3 rings (SSSR count). The van der Waals surface area contributed by atoms with Crippen LogP contribution in [-0.2, 0) is 18.9 Å². The highest BCUT2D eigenvalue weighted by Gasteiger charge is 2.36. The number of hydrogen-bond donors (Lipinski definition) is 8. The monoisotopic (exact) mass is 658 g/mol.